The number of aromatic hydroxyl groups is 1. The monoisotopic (exact) mass is 342 g/mol. The smallest absolute Gasteiger partial charge is 0.388 e. The second-order valence-corrected chi connectivity index (χ2v) is 5.57. The molecule has 7 heteroatoms. The number of aryl methyl sites for hydroxylation is 1. The molecule has 0 spiro atoms. The molecule has 0 amide bonds. The zero-order valence-corrected chi connectivity index (χ0v) is 13.0. The number of benzene rings is 2. The molecule has 0 unspecified atom stereocenters. The van der Waals surface area contributed by atoms with Gasteiger partial charge < -0.3 is 14.3 Å². The minimum absolute atomic E-state index is 0.114. The number of phenolic OH excluding ortho intramolecular Hbond substituents is 1. The molecule has 0 saturated carbocycles. The molecule has 0 radical (unpaired) electrons. The van der Waals surface area contributed by atoms with Crippen molar-refractivity contribution in [2.24, 2.45) is 0 Å². The number of phenols is 1. The molecule has 1 N–H and O–H groups in total. The number of halogens is 2. The first-order valence-corrected chi connectivity index (χ1v) is 7.45. The Morgan fingerprint density at radius 1 is 1.20 bits per heavy atom. The number of ether oxygens (including phenoxy) is 1. The van der Waals surface area contributed by atoms with Crippen LogP contribution in [0.1, 0.15) is 5.56 Å². The first kappa shape index (κ1) is 15.3. The topological polar surface area (TPSA) is 68.4 Å². The van der Waals surface area contributed by atoms with Gasteiger partial charge in [-0.15, -0.1) is 0 Å². The van der Waals surface area contributed by atoms with Crippen LogP contribution < -0.4 is 4.74 Å². The fourth-order valence-electron chi connectivity index (χ4n) is 2.76. The lowest BCUT2D eigenvalue weighted by atomic mass is 10.1. The van der Waals surface area contributed by atoms with E-state index in [0.717, 1.165) is 11.8 Å². The average molecular weight is 342 g/mol. The van der Waals surface area contributed by atoms with Crippen LogP contribution in [0.3, 0.4) is 0 Å². The summed E-state index contributed by atoms with van der Waals surface area (Å²) < 4.78 is 34.9. The molecule has 2 aromatic carbocycles. The molecule has 126 valence electrons. The van der Waals surface area contributed by atoms with E-state index in [-0.39, 0.29) is 11.6 Å². The fraction of sp³-hybridized carbons (Fsp3) is 0.111. The maximum Gasteiger partial charge on any atom is 0.388 e. The lowest BCUT2D eigenvalue weighted by Crippen LogP contribution is -2.04. The van der Waals surface area contributed by atoms with Crippen LogP contribution in [0.4, 0.5) is 8.78 Å². The Kier molecular flexibility index (Phi) is 3.49. The summed E-state index contributed by atoms with van der Waals surface area (Å²) in [7, 11) is 0. The van der Waals surface area contributed by atoms with Gasteiger partial charge in [0.25, 0.3) is 0 Å². The largest absolute Gasteiger partial charge is 0.507 e. The molecule has 5 nitrogen and oxygen atoms in total. The number of hydrogen-bond acceptors (Lipinski definition) is 5. The highest BCUT2D eigenvalue weighted by molar-refractivity contribution is 5.95. The summed E-state index contributed by atoms with van der Waals surface area (Å²) >= 11 is 0. The van der Waals surface area contributed by atoms with E-state index in [0.29, 0.717) is 33.3 Å². The number of nitrogens with zero attached hydrogens (tertiary/aromatic N) is 2. The lowest BCUT2D eigenvalue weighted by molar-refractivity contribution is -0.0528. The first-order valence-electron chi connectivity index (χ1n) is 7.45. The quantitative estimate of drug-likeness (QED) is 0.586. The summed E-state index contributed by atoms with van der Waals surface area (Å²) in [5.41, 5.74) is 2.95. The molecule has 4 aromatic rings. The molecule has 0 fully saturated rings. The summed E-state index contributed by atoms with van der Waals surface area (Å²) in [6, 6.07) is 10.3. The van der Waals surface area contributed by atoms with Gasteiger partial charge in [0, 0.05) is 5.56 Å². The molecule has 0 aliphatic carbocycles. The van der Waals surface area contributed by atoms with E-state index in [1.807, 2.05) is 13.0 Å². The molecule has 25 heavy (non-hydrogen) atoms. The Morgan fingerprint density at radius 3 is 2.80 bits per heavy atom. The summed E-state index contributed by atoms with van der Waals surface area (Å²) in [6.45, 7) is -1.11. The molecular weight excluding hydrogens is 330 g/mol. The van der Waals surface area contributed by atoms with Crippen LogP contribution in [0.2, 0.25) is 0 Å². The Labute approximate surface area is 140 Å². The lowest BCUT2D eigenvalue weighted by Gasteiger charge is -2.07. The highest BCUT2D eigenvalue weighted by atomic mass is 19.3. The maximum absolute atomic E-state index is 12.4. The summed E-state index contributed by atoms with van der Waals surface area (Å²) in [5, 5.41) is 10.5. The van der Waals surface area contributed by atoms with Gasteiger partial charge in [-0.05, 0) is 42.8 Å². The second kappa shape index (κ2) is 5.70. The van der Waals surface area contributed by atoms with E-state index in [1.165, 1.54) is 0 Å². The SMILES string of the molecule is Cc1cc(-c2cc3c(O)cccc3o2)c2ncc(OC(F)F)nc2c1. The van der Waals surface area contributed by atoms with Crippen LogP contribution in [0.5, 0.6) is 11.6 Å². The van der Waals surface area contributed by atoms with Crippen LogP contribution >= 0.6 is 0 Å². The Bertz CT molecular complexity index is 1090. The predicted molar refractivity (Wildman–Crippen MR) is 87.8 cm³/mol. The molecule has 4 rings (SSSR count). The fourth-order valence-corrected chi connectivity index (χ4v) is 2.76. The number of rotatable bonds is 3. The van der Waals surface area contributed by atoms with Gasteiger partial charge in [0.15, 0.2) is 0 Å². The third-order valence-corrected chi connectivity index (χ3v) is 3.78. The van der Waals surface area contributed by atoms with E-state index in [2.05, 4.69) is 14.7 Å². The van der Waals surface area contributed by atoms with Gasteiger partial charge >= 0.3 is 6.61 Å². The highest BCUT2D eigenvalue weighted by Crippen LogP contribution is 2.36. The summed E-state index contributed by atoms with van der Waals surface area (Å²) in [6.07, 6.45) is 1.15. The summed E-state index contributed by atoms with van der Waals surface area (Å²) in [5.74, 6) is 0.367. The minimum Gasteiger partial charge on any atom is -0.507 e. The maximum atomic E-state index is 12.4. The minimum atomic E-state index is -2.96. The van der Waals surface area contributed by atoms with Crippen molar-refractivity contribution in [3.8, 4) is 23.0 Å². The number of hydrogen-bond donors (Lipinski definition) is 1. The molecular formula is C18H12F2N2O3. The van der Waals surface area contributed by atoms with Gasteiger partial charge in [-0.25, -0.2) is 9.97 Å². The van der Waals surface area contributed by atoms with Gasteiger partial charge in [0.1, 0.15) is 17.1 Å². The van der Waals surface area contributed by atoms with Crippen molar-refractivity contribution in [2.45, 2.75) is 13.5 Å². The molecule has 0 atom stereocenters. The van der Waals surface area contributed by atoms with Gasteiger partial charge in [-0.3, -0.25) is 0 Å². The number of aromatic nitrogens is 2. The predicted octanol–water partition coefficient (Wildman–Crippen LogP) is 4.66. The van der Waals surface area contributed by atoms with Crippen LogP contribution in [0, 0.1) is 6.92 Å². The number of furan rings is 1. The molecule has 0 aliphatic heterocycles. The van der Waals surface area contributed by atoms with Crippen molar-refractivity contribution in [1.29, 1.82) is 0 Å². The van der Waals surface area contributed by atoms with Crippen molar-refractivity contribution in [1.82, 2.24) is 9.97 Å². The molecule has 0 saturated heterocycles. The number of alkyl halides is 2. The van der Waals surface area contributed by atoms with E-state index < -0.39 is 6.61 Å². The standard InChI is InChI=1S/C18H12F2N2O3/c1-9-5-11(15-7-10-13(23)3-2-4-14(10)24-15)17-12(6-9)22-16(8-21-17)25-18(19)20/h2-8,18,23H,1H3. The Hall–Kier alpha value is -3.22. The third-order valence-electron chi connectivity index (χ3n) is 3.78. The zero-order chi connectivity index (χ0) is 17.6. The molecule has 2 aromatic heterocycles. The molecule has 0 bridgehead atoms. The molecule has 2 heterocycles. The van der Waals surface area contributed by atoms with Crippen molar-refractivity contribution < 1.29 is 23.0 Å². The first-order chi connectivity index (χ1) is 12.0. The normalized spacial score (nSPS) is 11.5. The second-order valence-electron chi connectivity index (χ2n) is 5.57. The van der Waals surface area contributed by atoms with Gasteiger partial charge in [-0.2, -0.15) is 8.78 Å². The van der Waals surface area contributed by atoms with Crippen molar-refractivity contribution in [3.63, 3.8) is 0 Å². The van der Waals surface area contributed by atoms with Crippen LogP contribution in [0.15, 0.2) is 47.0 Å². The van der Waals surface area contributed by atoms with E-state index in [4.69, 9.17) is 4.42 Å². The van der Waals surface area contributed by atoms with Crippen molar-refractivity contribution >= 4 is 22.0 Å². The number of fused-ring (bicyclic) bond motifs is 2. The third kappa shape index (κ3) is 2.73. The van der Waals surface area contributed by atoms with Crippen LogP contribution in [0.25, 0.3) is 33.3 Å². The molecule has 0 aliphatic rings. The van der Waals surface area contributed by atoms with E-state index >= 15 is 0 Å². The van der Waals surface area contributed by atoms with E-state index in [1.54, 1.807) is 30.3 Å². The van der Waals surface area contributed by atoms with Crippen molar-refractivity contribution in [3.05, 3.63) is 48.2 Å². The Balaban J connectivity index is 1.92. The van der Waals surface area contributed by atoms with Gasteiger partial charge in [0.05, 0.1) is 22.6 Å². The summed E-state index contributed by atoms with van der Waals surface area (Å²) in [4.78, 5) is 8.28. The average Bonchev–Trinajstić information content (AvgIpc) is 2.98. The van der Waals surface area contributed by atoms with Crippen molar-refractivity contribution in [2.75, 3.05) is 0 Å². The van der Waals surface area contributed by atoms with Crippen LogP contribution in [-0.4, -0.2) is 21.7 Å². The highest BCUT2D eigenvalue weighted by Gasteiger charge is 2.15. The zero-order valence-electron chi connectivity index (χ0n) is 13.0. The van der Waals surface area contributed by atoms with E-state index in [9.17, 15) is 13.9 Å². The van der Waals surface area contributed by atoms with Gasteiger partial charge in [-0.1, -0.05) is 6.07 Å². The van der Waals surface area contributed by atoms with Gasteiger partial charge in [0.2, 0.25) is 5.88 Å². The van der Waals surface area contributed by atoms with Crippen LogP contribution in [-0.2, 0) is 0 Å². The Morgan fingerprint density at radius 2 is 2.04 bits per heavy atom.